The Morgan fingerprint density at radius 1 is 0.766 bits per heavy atom. The lowest BCUT2D eigenvalue weighted by atomic mass is 9.90. The Labute approximate surface area is 277 Å². The Balaban J connectivity index is 1.40. The van der Waals surface area contributed by atoms with Gasteiger partial charge in [-0.15, -0.1) is 0 Å². The second-order valence-corrected chi connectivity index (χ2v) is 14.2. The summed E-state index contributed by atoms with van der Waals surface area (Å²) in [7, 11) is -8.80. The van der Waals surface area contributed by atoms with Gasteiger partial charge in [0.05, 0.1) is 16.3 Å². The lowest BCUT2D eigenvalue weighted by molar-refractivity contribution is -0.924. The van der Waals surface area contributed by atoms with Crippen molar-refractivity contribution in [2.45, 2.75) is 42.8 Å². The number of hydrogen-bond acceptors (Lipinski definition) is 6. The number of rotatable bonds is 12. The van der Waals surface area contributed by atoms with E-state index >= 15 is 0 Å². The molecular weight excluding hydrogens is 633 g/mol. The van der Waals surface area contributed by atoms with E-state index in [9.17, 15) is 25.9 Å². The highest BCUT2D eigenvalue weighted by molar-refractivity contribution is 7.86. The fraction of sp³-hybridized carbons (Fsp3) is 0.189. The molecule has 1 aliphatic carbocycles. The molecule has 244 valence electrons. The number of nitrogens with zero attached hydrogens (tertiary/aromatic N) is 1. The Bertz CT molecular complexity index is 2000. The van der Waals surface area contributed by atoms with Gasteiger partial charge < -0.3 is 14.4 Å². The predicted molar refractivity (Wildman–Crippen MR) is 184 cm³/mol. The third-order valence-corrected chi connectivity index (χ3v) is 10.0. The van der Waals surface area contributed by atoms with E-state index in [2.05, 4.69) is 72.5 Å². The van der Waals surface area contributed by atoms with Gasteiger partial charge in [0.15, 0.2) is 0 Å². The molecule has 10 heteroatoms. The molecule has 47 heavy (non-hydrogen) atoms. The minimum absolute atomic E-state index is 0.0631. The smallest absolute Gasteiger partial charge is 0.294 e. The van der Waals surface area contributed by atoms with Crippen molar-refractivity contribution in [1.82, 2.24) is 0 Å². The molecule has 4 aromatic rings. The molecule has 0 saturated heterocycles. The molecule has 0 radical (unpaired) electrons. The summed E-state index contributed by atoms with van der Waals surface area (Å²) in [6.07, 6.45) is 8.60. The highest BCUT2D eigenvalue weighted by atomic mass is 32.2. The van der Waals surface area contributed by atoms with Crippen LogP contribution in [0.1, 0.15) is 36.1 Å². The molecule has 0 aliphatic heterocycles. The third kappa shape index (κ3) is 8.54. The first-order valence-electron chi connectivity index (χ1n) is 15.4. The van der Waals surface area contributed by atoms with Gasteiger partial charge in [-0.05, 0) is 90.2 Å². The lowest BCUT2D eigenvalue weighted by Crippen LogP contribution is -3.13. The van der Waals surface area contributed by atoms with Crippen molar-refractivity contribution in [3.8, 4) is 0 Å². The summed E-state index contributed by atoms with van der Waals surface area (Å²) in [5, 5.41) is 0. The van der Waals surface area contributed by atoms with E-state index in [1.165, 1.54) is 29.2 Å². The molecule has 0 saturated carbocycles. The largest absolute Gasteiger partial charge is 0.744 e. The zero-order valence-corrected chi connectivity index (χ0v) is 27.9. The number of hydrogen-bond donors (Lipinski definition) is 2. The summed E-state index contributed by atoms with van der Waals surface area (Å²) >= 11 is 0. The van der Waals surface area contributed by atoms with Crippen LogP contribution in [0.25, 0.3) is 5.57 Å². The second kappa shape index (κ2) is 14.6. The van der Waals surface area contributed by atoms with E-state index in [4.69, 9.17) is 0 Å². The van der Waals surface area contributed by atoms with Gasteiger partial charge in [0.25, 0.3) is 10.1 Å². The Morgan fingerprint density at radius 3 is 1.96 bits per heavy atom. The number of quaternary nitrogens is 1. The van der Waals surface area contributed by atoms with Crippen LogP contribution in [0.15, 0.2) is 143 Å². The van der Waals surface area contributed by atoms with Crippen molar-refractivity contribution in [1.29, 1.82) is 0 Å². The summed E-state index contributed by atoms with van der Waals surface area (Å²) < 4.78 is 67.4. The van der Waals surface area contributed by atoms with Gasteiger partial charge in [-0.25, -0.2) is 8.42 Å². The molecule has 8 nitrogen and oxygen atoms in total. The van der Waals surface area contributed by atoms with Gasteiger partial charge in [0.1, 0.15) is 22.7 Å². The van der Waals surface area contributed by atoms with Crippen molar-refractivity contribution >= 4 is 31.5 Å². The zero-order valence-electron chi connectivity index (χ0n) is 26.3. The van der Waals surface area contributed by atoms with Crippen molar-refractivity contribution < 1.29 is 30.8 Å². The number of nitrogens with one attached hydrogen (secondary N) is 1. The highest BCUT2D eigenvalue weighted by Crippen LogP contribution is 2.31. The molecule has 0 spiro atoms. The average molecular weight is 671 g/mol. The minimum Gasteiger partial charge on any atom is -0.744 e. The van der Waals surface area contributed by atoms with Crippen LogP contribution in [-0.2, 0) is 33.3 Å². The predicted octanol–water partition coefficient (Wildman–Crippen LogP) is 5.27. The van der Waals surface area contributed by atoms with E-state index in [1.54, 1.807) is 12.1 Å². The SMILES string of the molecule is CCN(Cc1cccc(S(=O)(=O)O)c1)c1ccc(C(=C2C=CC([NH+](CC)Cc3cccc(S(=O)(=O)[O-])c3)C=C2)c2ccccc2)cc1. The molecule has 0 aromatic heterocycles. The van der Waals surface area contributed by atoms with Crippen LogP contribution in [0.5, 0.6) is 0 Å². The van der Waals surface area contributed by atoms with E-state index in [-0.39, 0.29) is 15.8 Å². The van der Waals surface area contributed by atoms with Gasteiger partial charge in [-0.3, -0.25) is 4.55 Å². The summed E-state index contributed by atoms with van der Waals surface area (Å²) in [5.41, 5.74) is 6.81. The highest BCUT2D eigenvalue weighted by Gasteiger charge is 2.21. The van der Waals surface area contributed by atoms with Crippen molar-refractivity contribution in [3.63, 3.8) is 0 Å². The minimum atomic E-state index is -4.52. The maximum Gasteiger partial charge on any atom is 0.294 e. The molecule has 0 heterocycles. The average Bonchev–Trinajstić information content (AvgIpc) is 3.07. The van der Waals surface area contributed by atoms with Gasteiger partial charge in [-0.1, -0.05) is 78.9 Å². The fourth-order valence-electron chi connectivity index (χ4n) is 5.88. The first-order valence-corrected chi connectivity index (χ1v) is 18.3. The number of likely N-dealkylation sites (N-methyl/N-ethyl adjacent to an activating group) is 1. The van der Waals surface area contributed by atoms with Gasteiger partial charge >= 0.3 is 0 Å². The molecule has 0 fully saturated rings. The molecule has 4 aromatic carbocycles. The van der Waals surface area contributed by atoms with Crippen LogP contribution in [0.4, 0.5) is 5.69 Å². The van der Waals surface area contributed by atoms with Gasteiger partial charge in [0, 0.05) is 24.3 Å². The maximum atomic E-state index is 11.6. The Morgan fingerprint density at radius 2 is 1.36 bits per heavy atom. The lowest BCUT2D eigenvalue weighted by Gasteiger charge is -2.26. The van der Waals surface area contributed by atoms with Crippen LogP contribution in [-0.4, -0.2) is 45.1 Å². The summed E-state index contributed by atoms with van der Waals surface area (Å²) in [6.45, 7) is 6.66. The first kappa shape index (κ1) is 34.0. The van der Waals surface area contributed by atoms with E-state index < -0.39 is 20.2 Å². The van der Waals surface area contributed by atoms with Crippen LogP contribution >= 0.6 is 0 Å². The van der Waals surface area contributed by atoms with Gasteiger partial charge in [-0.2, -0.15) is 8.42 Å². The van der Waals surface area contributed by atoms with Crippen molar-refractivity contribution in [3.05, 3.63) is 155 Å². The first-order chi connectivity index (χ1) is 22.5. The quantitative estimate of drug-likeness (QED) is 0.197. The molecule has 0 amide bonds. The molecule has 1 unspecified atom stereocenters. The van der Waals surface area contributed by atoms with Crippen molar-refractivity contribution in [2.75, 3.05) is 18.0 Å². The van der Waals surface area contributed by atoms with Gasteiger partial charge in [0.2, 0.25) is 0 Å². The van der Waals surface area contributed by atoms with E-state index in [1.807, 2.05) is 37.3 Å². The van der Waals surface area contributed by atoms with Crippen LogP contribution in [0, 0.1) is 0 Å². The van der Waals surface area contributed by atoms with Crippen LogP contribution in [0.2, 0.25) is 0 Å². The topological polar surface area (TPSA) is 119 Å². The maximum absolute atomic E-state index is 11.6. The van der Waals surface area contributed by atoms with Crippen LogP contribution < -0.4 is 9.80 Å². The molecular formula is C37H38N2O6S2. The molecule has 2 N–H and O–H groups in total. The summed E-state index contributed by atoms with van der Waals surface area (Å²) in [5.74, 6) is 0. The Hall–Kier alpha value is -4.32. The zero-order chi connectivity index (χ0) is 33.6. The number of anilines is 1. The summed E-state index contributed by atoms with van der Waals surface area (Å²) in [4.78, 5) is 3.02. The number of allylic oxidation sites excluding steroid dienone is 3. The standard InChI is InChI=1S/C37H38N2O6S2/c1-3-38(26-28-10-8-14-35(24-28)46(40,41)42)33-20-16-31(17-21-33)37(30-12-6-5-7-13-30)32-18-22-34(23-19-32)39(4-2)27-29-11-9-15-36(25-29)47(43,44)45/h5-25,33H,3-4,26-27H2,1-2H3,(H,40,41,42)(H,43,44,45). The number of benzene rings is 4. The molecule has 1 aliphatic rings. The summed E-state index contributed by atoms with van der Waals surface area (Å²) in [6, 6.07) is 31.2. The second-order valence-electron chi connectivity index (χ2n) is 11.4. The normalized spacial score (nSPS) is 15.4. The van der Waals surface area contributed by atoms with E-state index in [0.29, 0.717) is 19.6 Å². The fourth-order valence-corrected chi connectivity index (χ4v) is 6.97. The molecule has 5 rings (SSSR count). The molecule has 1 atom stereocenters. The third-order valence-electron chi connectivity index (χ3n) is 8.33. The Kier molecular flexibility index (Phi) is 10.6. The monoisotopic (exact) mass is 670 g/mol. The van der Waals surface area contributed by atoms with E-state index in [0.717, 1.165) is 45.6 Å². The van der Waals surface area contributed by atoms with Crippen LogP contribution in [0.3, 0.4) is 0 Å². The van der Waals surface area contributed by atoms with Crippen molar-refractivity contribution in [2.24, 2.45) is 0 Å². The molecule has 0 bridgehead atoms.